The summed E-state index contributed by atoms with van der Waals surface area (Å²) in [6, 6.07) is 14.6. The molecule has 0 heterocycles. The first-order valence-corrected chi connectivity index (χ1v) is 8.93. The second-order valence-corrected chi connectivity index (χ2v) is 7.62. The van der Waals surface area contributed by atoms with E-state index in [1.165, 1.54) is 6.07 Å². The lowest BCUT2D eigenvalue weighted by Crippen LogP contribution is -2.28. The van der Waals surface area contributed by atoms with Crippen molar-refractivity contribution in [1.29, 1.82) is 5.26 Å². The molecular weight excluding hydrogens is 420 g/mol. The van der Waals surface area contributed by atoms with E-state index in [0.29, 0.717) is 14.5 Å². The second kappa shape index (κ2) is 6.71. The molecule has 0 aliphatic rings. The van der Waals surface area contributed by atoms with E-state index in [4.69, 9.17) is 0 Å². The molecule has 4 nitrogen and oxygen atoms in total. The van der Waals surface area contributed by atoms with E-state index in [-0.39, 0.29) is 4.90 Å². The summed E-state index contributed by atoms with van der Waals surface area (Å²) in [6.07, 6.45) is 0. The number of hydrogen-bond donors (Lipinski definition) is 1. The summed E-state index contributed by atoms with van der Waals surface area (Å²) in [4.78, 5) is 0.0769. The quantitative estimate of drug-likeness (QED) is 0.804. The van der Waals surface area contributed by atoms with Gasteiger partial charge in [0.2, 0.25) is 10.0 Å². The Balaban J connectivity index is 2.37. The molecule has 0 aromatic heterocycles. The molecule has 0 saturated heterocycles. The number of nitrogens with one attached hydrogen (secondary N) is 1. The van der Waals surface area contributed by atoms with E-state index in [0.717, 1.165) is 0 Å². The third kappa shape index (κ3) is 3.92. The van der Waals surface area contributed by atoms with Gasteiger partial charge in [0.15, 0.2) is 0 Å². The molecule has 1 unspecified atom stereocenters. The van der Waals surface area contributed by atoms with Crippen LogP contribution in [0.25, 0.3) is 0 Å². The zero-order valence-corrected chi connectivity index (χ0v) is 14.6. The van der Waals surface area contributed by atoms with Crippen LogP contribution in [0.4, 0.5) is 0 Å². The minimum Gasteiger partial charge on any atom is -0.207 e. The maximum absolute atomic E-state index is 12.4. The number of benzene rings is 2. The lowest BCUT2D eigenvalue weighted by Gasteiger charge is -2.13. The van der Waals surface area contributed by atoms with Crippen LogP contribution < -0.4 is 4.72 Å². The third-order valence-corrected chi connectivity index (χ3v) is 5.63. The number of rotatable bonds is 4. The zero-order valence-electron chi connectivity index (χ0n) is 10.6. The fourth-order valence-corrected chi connectivity index (χ4v) is 4.35. The maximum atomic E-state index is 12.4. The van der Waals surface area contributed by atoms with Crippen LogP contribution in [0, 0.1) is 11.3 Å². The molecule has 7 heteroatoms. The zero-order chi connectivity index (χ0) is 15.5. The Bertz CT molecular complexity index is 786. The van der Waals surface area contributed by atoms with E-state index in [1.807, 2.05) is 6.07 Å². The predicted molar refractivity (Wildman–Crippen MR) is 87.0 cm³/mol. The summed E-state index contributed by atoms with van der Waals surface area (Å²) < 4.78 is 28.3. The monoisotopic (exact) mass is 428 g/mol. The van der Waals surface area contributed by atoms with Gasteiger partial charge in [0.25, 0.3) is 0 Å². The average molecular weight is 430 g/mol. The van der Waals surface area contributed by atoms with E-state index >= 15 is 0 Å². The highest BCUT2D eigenvalue weighted by Gasteiger charge is 2.23. The van der Waals surface area contributed by atoms with Crippen molar-refractivity contribution in [3.63, 3.8) is 0 Å². The fraction of sp³-hybridized carbons (Fsp3) is 0.0714. The van der Waals surface area contributed by atoms with Gasteiger partial charge in [0.1, 0.15) is 6.04 Å². The van der Waals surface area contributed by atoms with Crippen molar-refractivity contribution in [1.82, 2.24) is 4.72 Å². The van der Waals surface area contributed by atoms with Crippen molar-refractivity contribution >= 4 is 41.9 Å². The Labute approximate surface area is 140 Å². The molecule has 0 fully saturated rings. The summed E-state index contributed by atoms with van der Waals surface area (Å²) in [7, 11) is -3.82. The van der Waals surface area contributed by atoms with Crippen molar-refractivity contribution in [2.24, 2.45) is 0 Å². The Hall–Kier alpha value is -1.20. The summed E-state index contributed by atoms with van der Waals surface area (Å²) in [6.45, 7) is 0. The molecule has 2 rings (SSSR count). The molecular formula is C14H10Br2N2O2S. The molecule has 2 aromatic rings. The minimum atomic E-state index is -3.82. The van der Waals surface area contributed by atoms with Gasteiger partial charge in [-0.05, 0) is 39.7 Å². The molecule has 108 valence electrons. The maximum Gasteiger partial charge on any atom is 0.243 e. The van der Waals surface area contributed by atoms with Crippen LogP contribution in [-0.4, -0.2) is 8.42 Å². The SMILES string of the molecule is N#CC(NS(=O)(=O)c1cc(Br)ccc1Br)c1ccccc1. The van der Waals surface area contributed by atoms with Crippen LogP contribution >= 0.6 is 31.9 Å². The summed E-state index contributed by atoms with van der Waals surface area (Å²) in [5.41, 5.74) is 0.592. The second-order valence-electron chi connectivity index (χ2n) is 4.17. The van der Waals surface area contributed by atoms with Gasteiger partial charge in [-0.15, -0.1) is 0 Å². The Morgan fingerprint density at radius 2 is 1.76 bits per heavy atom. The van der Waals surface area contributed by atoms with Gasteiger partial charge in [0.05, 0.1) is 11.0 Å². The highest BCUT2D eigenvalue weighted by Crippen LogP contribution is 2.27. The van der Waals surface area contributed by atoms with E-state index in [2.05, 4.69) is 36.6 Å². The van der Waals surface area contributed by atoms with E-state index in [1.54, 1.807) is 42.5 Å². The first-order valence-electron chi connectivity index (χ1n) is 5.86. The Morgan fingerprint density at radius 3 is 2.38 bits per heavy atom. The van der Waals surface area contributed by atoms with Crippen molar-refractivity contribution in [3.8, 4) is 6.07 Å². The normalized spacial score (nSPS) is 12.6. The molecule has 0 bridgehead atoms. The van der Waals surface area contributed by atoms with Gasteiger partial charge < -0.3 is 0 Å². The predicted octanol–water partition coefficient (Wildman–Crippen LogP) is 3.75. The van der Waals surface area contributed by atoms with Crippen molar-refractivity contribution < 1.29 is 8.42 Å². The number of halogens is 2. The van der Waals surface area contributed by atoms with Crippen LogP contribution in [0.1, 0.15) is 11.6 Å². The molecule has 1 atom stereocenters. The smallest absolute Gasteiger partial charge is 0.207 e. The van der Waals surface area contributed by atoms with Gasteiger partial charge in [0, 0.05) is 8.95 Å². The molecule has 1 N–H and O–H groups in total. The van der Waals surface area contributed by atoms with Gasteiger partial charge in [-0.25, -0.2) is 8.42 Å². The van der Waals surface area contributed by atoms with Crippen molar-refractivity contribution in [2.45, 2.75) is 10.9 Å². The molecule has 0 saturated carbocycles. The third-order valence-electron chi connectivity index (χ3n) is 2.72. The first kappa shape index (κ1) is 16.2. The molecule has 0 aliphatic carbocycles. The molecule has 0 radical (unpaired) electrons. The first-order chi connectivity index (χ1) is 9.94. The number of sulfonamides is 1. The Kier molecular flexibility index (Phi) is 5.17. The van der Waals surface area contributed by atoms with Crippen LogP contribution in [0.3, 0.4) is 0 Å². The van der Waals surface area contributed by atoms with Gasteiger partial charge in [-0.2, -0.15) is 9.98 Å². The average Bonchev–Trinajstić information content (AvgIpc) is 2.48. The fourth-order valence-electron chi connectivity index (χ4n) is 1.72. The number of hydrogen-bond acceptors (Lipinski definition) is 3. The van der Waals surface area contributed by atoms with Crippen LogP contribution in [-0.2, 0) is 10.0 Å². The van der Waals surface area contributed by atoms with Crippen molar-refractivity contribution in [3.05, 3.63) is 63.0 Å². The lowest BCUT2D eigenvalue weighted by molar-refractivity contribution is 0.575. The topological polar surface area (TPSA) is 70.0 Å². The number of nitrogens with zero attached hydrogens (tertiary/aromatic N) is 1. The van der Waals surface area contributed by atoms with E-state index in [9.17, 15) is 13.7 Å². The minimum absolute atomic E-state index is 0.0769. The lowest BCUT2D eigenvalue weighted by atomic mass is 10.1. The van der Waals surface area contributed by atoms with Gasteiger partial charge >= 0.3 is 0 Å². The molecule has 0 spiro atoms. The molecule has 2 aromatic carbocycles. The van der Waals surface area contributed by atoms with Crippen molar-refractivity contribution in [2.75, 3.05) is 0 Å². The number of nitriles is 1. The van der Waals surface area contributed by atoms with E-state index < -0.39 is 16.1 Å². The summed E-state index contributed by atoms with van der Waals surface area (Å²) in [5, 5.41) is 9.22. The molecule has 21 heavy (non-hydrogen) atoms. The summed E-state index contributed by atoms with van der Waals surface area (Å²) in [5.74, 6) is 0. The molecule has 0 amide bonds. The van der Waals surface area contributed by atoms with Crippen LogP contribution in [0.15, 0.2) is 62.4 Å². The highest BCUT2D eigenvalue weighted by molar-refractivity contribution is 9.11. The van der Waals surface area contributed by atoms with Gasteiger partial charge in [-0.1, -0.05) is 46.3 Å². The largest absolute Gasteiger partial charge is 0.243 e. The summed E-state index contributed by atoms with van der Waals surface area (Å²) >= 11 is 6.45. The van der Waals surface area contributed by atoms with Crippen LogP contribution in [0.5, 0.6) is 0 Å². The Morgan fingerprint density at radius 1 is 1.10 bits per heavy atom. The molecule has 0 aliphatic heterocycles. The van der Waals surface area contributed by atoms with Gasteiger partial charge in [-0.3, -0.25) is 0 Å². The highest BCUT2D eigenvalue weighted by atomic mass is 79.9. The standard InChI is InChI=1S/C14H10Br2N2O2S/c15-11-6-7-12(16)14(8-11)21(19,20)18-13(9-17)10-4-2-1-3-5-10/h1-8,13,18H. The van der Waals surface area contributed by atoms with Crippen LogP contribution in [0.2, 0.25) is 0 Å².